The standard InChI is InChI=1S/2C16H10F3.2ClH.Ti/c2*17-16(18,19)15-7-5-11(6-8-15)14-9-12-3-1-2-4-13(12)10-14;;;/h2*1-10H;2*1H;/q2*-1;;;+2/p-2. The van der Waals surface area contributed by atoms with Crippen molar-refractivity contribution in [2.45, 2.75) is 12.4 Å². The molecule has 9 heteroatoms. The number of rotatable bonds is 2. The molecule has 0 atom stereocenters. The molecule has 0 radical (unpaired) electrons. The van der Waals surface area contributed by atoms with Crippen molar-refractivity contribution in [2.75, 3.05) is 0 Å². The average Bonchev–Trinajstić information content (AvgIpc) is 3.58. The SMILES string of the molecule is FC(F)(F)c1ccc(-c2cc3ccccc3[cH-]2)cc1.FC(F)(F)c1ccc(-c2cc3ccccc3[cH-]2)cc1.[Cl][Ti][Cl]. The molecule has 6 rings (SSSR count). The molecule has 0 unspecified atom stereocenters. The number of hydrogen-bond acceptors (Lipinski definition) is 0. The summed E-state index contributed by atoms with van der Waals surface area (Å²) in [5.41, 5.74) is 2.23. The van der Waals surface area contributed by atoms with Crippen LogP contribution >= 0.6 is 18.6 Å². The summed E-state index contributed by atoms with van der Waals surface area (Å²) in [5.74, 6) is 0. The van der Waals surface area contributed by atoms with Gasteiger partial charge in [-0.3, -0.25) is 0 Å². The topological polar surface area (TPSA) is 0 Å². The first kappa shape index (κ1) is 30.9. The van der Waals surface area contributed by atoms with Crippen molar-refractivity contribution < 1.29 is 43.4 Å². The van der Waals surface area contributed by atoms with E-state index < -0.39 is 40.5 Å². The Morgan fingerprint density at radius 2 is 0.805 bits per heavy atom. The van der Waals surface area contributed by atoms with Crippen LogP contribution in [0.4, 0.5) is 26.3 Å². The van der Waals surface area contributed by atoms with Crippen molar-refractivity contribution in [3.8, 4) is 22.3 Å². The zero-order valence-corrected chi connectivity index (χ0v) is 24.1. The van der Waals surface area contributed by atoms with Crippen LogP contribution in [0.2, 0.25) is 0 Å². The molecular formula is C32H20Cl2F6Ti-2. The van der Waals surface area contributed by atoms with E-state index in [9.17, 15) is 26.3 Å². The van der Waals surface area contributed by atoms with Crippen molar-refractivity contribution >= 4 is 40.2 Å². The van der Waals surface area contributed by atoms with Gasteiger partial charge in [0.25, 0.3) is 0 Å². The maximum absolute atomic E-state index is 12.5. The van der Waals surface area contributed by atoms with Gasteiger partial charge < -0.3 is 0 Å². The van der Waals surface area contributed by atoms with Crippen LogP contribution in [0.1, 0.15) is 11.1 Å². The summed E-state index contributed by atoms with van der Waals surface area (Å²) < 4.78 is 74.9. The average molecular weight is 637 g/mol. The number of hydrogen-bond donors (Lipinski definition) is 0. The predicted octanol–water partition coefficient (Wildman–Crippen LogP) is 11.9. The minimum atomic E-state index is -4.28. The van der Waals surface area contributed by atoms with E-state index in [-0.39, 0.29) is 0 Å². The third-order valence-corrected chi connectivity index (χ3v) is 6.33. The van der Waals surface area contributed by atoms with Gasteiger partial charge >= 0.3 is 48.0 Å². The van der Waals surface area contributed by atoms with E-state index >= 15 is 0 Å². The molecule has 0 bridgehead atoms. The molecule has 0 aliphatic carbocycles. The van der Waals surface area contributed by atoms with E-state index in [1.807, 2.05) is 72.8 Å². The first-order chi connectivity index (χ1) is 19.5. The Labute approximate surface area is 249 Å². The third-order valence-electron chi connectivity index (χ3n) is 6.33. The minimum absolute atomic E-state index is 0.556. The molecule has 0 N–H and O–H groups in total. The van der Waals surface area contributed by atoms with Crippen LogP contribution in [0.3, 0.4) is 0 Å². The summed E-state index contributed by atoms with van der Waals surface area (Å²) in [6.07, 6.45) is -8.56. The van der Waals surface area contributed by atoms with E-state index in [0.29, 0.717) is 0 Å². The second-order valence-corrected chi connectivity index (χ2v) is 11.5. The van der Waals surface area contributed by atoms with Crippen molar-refractivity contribution in [1.82, 2.24) is 0 Å². The van der Waals surface area contributed by atoms with Crippen LogP contribution in [-0.2, 0) is 29.4 Å². The molecule has 0 saturated heterocycles. The second-order valence-electron chi connectivity index (χ2n) is 8.97. The first-order valence-corrected chi connectivity index (χ1v) is 16.4. The molecule has 6 aromatic carbocycles. The van der Waals surface area contributed by atoms with Crippen LogP contribution in [0.5, 0.6) is 0 Å². The summed E-state index contributed by atoms with van der Waals surface area (Å²) in [5, 5.41) is 4.38. The first-order valence-electron chi connectivity index (χ1n) is 12.1. The van der Waals surface area contributed by atoms with E-state index in [2.05, 4.69) is 0 Å². The van der Waals surface area contributed by atoms with Gasteiger partial charge in [0.2, 0.25) is 0 Å². The van der Waals surface area contributed by atoms with Gasteiger partial charge in [-0.1, -0.05) is 96.1 Å². The molecular weight excluding hydrogens is 617 g/mol. The van der Waals surface area contributed by atoms with Gasteiger partial charge in [0.05, 0.1) is 11.1 Å². The molecule has 0 aliphatic rings. The summed E-state index contributed by atoms with van der Waals surface area (Å²) in [6, 6.07) is 34.2. The fraction of sp³-hybridized carbons (Fsp3) is 0.0625. The molecule has 0 saturated carbocycles. The van der Waals surface area contributed by atoms with Gasteiger partial charge in [-0.25, -0.2) is 0 Å². The van der Waals surface area contributed by atoms with Crippen LogP contribution in [0.25, 0.3) is 43.8 Å². The van der Waals surface area contributed by atoms with Gasteiger partial charge in [-0.05, 0) is 0 Å². The number of halogens is 8. The molecule has 0 amide bonds. The normalized spacial score (nSPS) is 11.4. The molecule has 0 nitrogen and oxygen atoms in total. The number of fused-ring (bicyclic) bond motifs is 2. The van der Waals surface area contributed by atoms with Gasteiger partial charge in [-0.15, -0.1) is 69.1 Å². The van der Waals surface area contributed by atoms with E-state index in [1.165, 1.54) is 24.3 Å². The van der Waals surface area contributed by atoms with Crippen LogP contribution in [0.15, 0.2) is 121 Å². The molecule has 6 aromatic rings. The molecule has 0 spiro atoms. The Kier molecular flexibility index (Phi) is 10.0. The number of benzene rings is 4. The zero-order chi connectivity index (χ0) is 29.6. The third kappa shape index (κ3) is 8.05. The summed E-state index contributed by atoms with van der Waals surface area (Å²) in [7, 11) is 9.78. The zero-order valence-electron chi connectivity index (χ0n) is 21.1. The van der Waals surface area contributed by atoms with Crippen molar-refractivity contribution in [1.29, 1.82) is 0 Å². The van der Waals surface area contributed by atoms with Crippen molar-refractivity contribution in [3.63, 3.8) is 0 Å². The maximum atomic E-state index is 12.5. The van der Waals surface area contributed by atoms with Crippen molar-refractivity contribution in [3.05, 3.63) is 132 Å². The molecule has 0 fully saturated rings. The van der Waals surface area contributed by atoms with E-state index in [0.717, 1.165) is 68.1 Å². The Balaban J connectivity index is 0.000000173. The quantitative estimate of drug-likeness (QED) is 0.101. The van der Waals surface area contributed by atoms with Crippen molar-refractivity contribution in [2.24, 2.45) is 0 Å². The molecule has 0 aliphatic heterocycles. The fourth-order valence-corrected chi connectivity index (χ4v) is 4.34. The van der Waals surface area contributed by atoms with Gasteiger partial charge in [0, 0.05) is 0 Å². The Morgan fingerprint density at radius 1 is 0.488 bits per heavy atom. The summed E-state index contributed by atoms with van der Waals surface area (Å²) >= 11 is -0.556. The molecule has 0 heterocycles. The Bertz CT molecular complexity index is 1500. The molecule has 0 aromatic heterocycles. The van der Waals surface area contributed by atoms with Gasteiger partial charge in [-0.2, -0.15) is 26.3 Å². The fourth-order valence-electron chi connectivity index (χ4n) is 4.34. The van der Waals surface area contributed by atoms with Crippen LogP contribution in [0, 0.1) is 0 Å². The van der Waals surface area contributed by atoms with E-state index in [4.69, 9.17) is 18.6 Å². The Hall–Kier alpha value is -3.03. The second kappa shape index (κ2) is 13.3. The Morgan fingerprint density at radius 3 is 1.10 bits per heavy atom. The number of alkyl halides is 6. The van der Waals surface area contributed by atoms with E-state index in [1.54, 1.807) is 0 Å². The molecule has 210 valence electrons. The van der Waals surface area contributed by atoms with Gasteiger partial charge in [0.1, 0.15) is 0 Å². The molecule has 41 heavy (non-hydrogen) atoms. The van der Waals surface area contributed by atoms with Gasteiger partial charge in [0.15, 0.2) is 0 Å². The summed E-state index contributed by atoms with van der Waals surface area (Å²) in [4.78, 5) is 0. The predicted molar refractivity (Wildman–Crippen MR) is 152 cm³/mol. The van der Waals surface area contributed by atoms with Crippen LogP contribution < -0.4 is 0 Å². The monoisotopic (exact) mass is 636 g/mol. The summed E-state index contributed by atoms with van der Waals surface area (Å²) in [6.45, 7) is 0. The van der Waals surface area contributed by atoms with Crippen LogP contribution in [-0.4, -0.2) is 0 Å².